The van der Waals surface area contributed by atoms with Gasteiger partial charge in [0.2, 0.25) is 5.91 Å². The van der Waals surface area contributed by atoms with Crippen LogP contribution in [-0.4, -0.2) is 54.4 Å². The summed E-state index contributed by atoms with van der Waals surface area (Å²) in [4.78, 5) is 28.2. The van der Waals surface area contributed by atoms with E-state index in [1.54, 1.807) is 12.1 Å². The molecule has 1 aromatic rings. The molecule has 2 atom stereocenters. The van der Waals surface area contributed by atoms with Crippen molar-refractivity contribution in [2.75, 3.05) is 26.7 Å². The molecule has 0 spiro atoms. The average molecular weight is 351 g/mol. The fourth-order valence-corrected chi connectivity index (χ4v) is 3.90. The summed E-state index contributed by atoms with van der Waals surface area (Å²) in [7, 11) is 1.89. The van der Waals surface area contributed by atoms with Crippen LogP contribution < -0.4 is 4.74 Å². The number of rotatable bonds is 3. The van der Waals surface area contributed by atoms with Gasteiger partial charge in [-0.25, -0.2) is 0 Å². The van der Waals surface area contributed by atoms with Crippen molar-refractivity contribution in [3.05, 3.63) is 29.3 Å². The summed E-state index contributed by atoms with van der Waals surface area (Å²) < 4.78 is 5.56. The first-order valence-electron chi connectivity index (χ1n) is 8.47. The highest BCUT2D eigenvalue weighted by Crippen LogP contribution is 2.30. The minimum atomic E-state index is -0.0217. The maximum Gasteiger partial charge on any atom is 0.260 e. The van der Waals surface area contributed by atoms with Crippen molar-refractivity contribution in [2.45, 2.75) is 31.7 Å². The number of halogens is 1. The molecule has 2 aliphatic rings. The van der Waals surface area contributed by atoms with Crippen LogP contribution in [0.15, 0.2) is 24.3 Å². The molecule has 6 heteroatoms. The Bertz CT molecular complexity index is 622. The second kappa shape index (κ2) is 7.43. The predicted molar refractivity (Wildman–Crippen MR) is 92.0 cm³/mol. The van der Waals surface area contributed by atoms with Crippen LogP contribution in [0, 0.1) is 5.92 Å². The SMILES string of the molecule is CN1C(=O)CCC[C@@H]2CN(C(=O)COc3ccccc3Cl)CC[C@H]21. The Balaban J connectivity index is 1.57. The molecule has 3 rings (SSSR count). The molecule has 0 bridgehead atoms. The molecule has 130 valence electrons. The maximum absolute atomic E-state index is 12.5. The zero-order valence-corrected chi connectivity index (χ0v) is 14.7. The summed E-state index contributed by atoms with van der Waals surface area (Å²) in [6, 6.07) is 7.41. The van der Waals surface area contributed by atoms with Crippen molar-refractivity contribution < 1.29 is 14.3 Å². The van der Waals surface area contributed by atoms with Gasteiger partial charge in [-0.1, -0.05) is 23.7 Å². The van der Waals surface area contributed by atoms with Crippen molar-refractivity contribution in [1.29, 1.82) is 0 Å². The van der Waals surface area contributed by atoms with Crippen LogP contribution in [0.4, 0.5) is 0 Å². The molecule has 5 nitrogen and oxygen atoms in total. The zero-order chi connectivity index (χ0) is 17.1. The molecule has 0 aromatic heterocycles. The molecular weight excluding hydrogens is 328 g/mol. The fraction of sp³-hybridized carbons (Fsp3) is 0.556. The van der Waals surface area contributed by atoms with E-state index in [2.05, 4.69) is 0 Å². The second-order valence-electron chi connectivity index (χ2n) is 6.57. The van der Waals surface area contributed by atoms with Gasteiger partial charge >= 0.3 is 0 Å². The van der Waals surface area contributed by atoms with Gasteiger partial charge in [-0.3, -0.25) is 9.59 Å². The summed E-state index contributed by atoms with van der Waals surface area (Å²) in [6.45, 7) is 1.37. The lowest BCUT2D eigenvalue weighted by Crippen LogP contribution is -2.52. The molecule has 0 radical (unpaired) electrons. The number of carbonyl (C=O) groups is 2. The second-order valence-corrected chi connectivity index (χ2v) is 6.98. The van der Waals surface area contributed by atoms with Crippen molar-refractivity contribution in [1.82, 2.24) is 9.80 Å². The lowest BCUT2D eigenvalue weighted by Gasteiger charge is -2.41. The summed E-state index contributed by atoms with van der Waals surface area (Å²) in [5, 5.41) is 0.507. The molecule has 0 unspecified atom stereocenters. The summed E-state index contributed by atoms with van der Waals surface area (Å²) in [5.41, 5.74) is 0. The van der Waals surface area contributed by atoms with Gasteiger partial charge in [-0.2, -0.15) is 0 Å². The summed E-state index contributed by atoms with van der Waals surface area (Å²) in [6.07, 6.45) is 3.36. The third kappa shape index (κ3) is 3.66. The number of amides is 2. The van der Waals surface area contributed by atoms with E-state index in [-0.39, 0.29) is 24.5 Å². The average Bonchev–Trinajstić information content (AvgIpc) is 2.73. The normalized spacial score (nSPS) is 24.3. The van der Waals surface area contributed by atoms with Crippen LogP contribution in [0.1, 0.15) is 25.7 Å². The topological polar surface area (TPSA) is 49.9 Å². The number of ether oxygens (including phenoxy) is 1. The van der Waals surface area contributed by atoms with E-state index in [9.17, 15) is 9.59 Å². The van der Waals surface area contributed by atoms with E-state index in [0.29, 0.717) is 36.2 Å². The van der Waals surface area contributed by atoms with Crippen LogP contribution >= 0.6 is 11.6 Å². The van der Waals surface area contributed by atoms with E-state index in [1.807, 2.05) is 29.0 Å². The lowest BCUT2D eigenvalue weighted by molar-refractivity contribution is -0.138. The molecule has 2 heterocycles. The third-order valence-corrected chi connectivity index (χ3v) is 5.40. The van der Waals surface area contributed by atoms with Gasteiger partial charge in [0.15, 0.2) is 6.61 Å². The van der Waals surface area contributed by atoms with Crippen molar-refractivity contribution in [3.8, 4) is 5.75 Å². The minimum Gasteiger partial charge on any atom is -0.482 e. The van der Waals surface area contributed by atoms with Crippen LogP contribution in [-0.2, 0) is 9.59 Å². The highest BCUT2D eigenvalue weighted by Gasteiger charge is 2.36. The fourth-order valence-electron chi connectivity index (χ4n) is 3.71. The van der Waals surface area contributed by atoms with Crippen molar-refractivity contribution in [3.63, 3.8) is 0 Å². The molecule has 0 N–H and O–H groups in total. The number of hydrogen-bond acceptors (Lipinski definition) is 3. The van der Waals surface area contributed by atoms with Crippen molar-refractivity contribution in [2.24, 2.45) is 5.92 Å². The molecule has 1 aromatic carbocycles. The number of benzene rings is 1. The molecule has 0 saturated carbocycles. The Morgan fingerprint density at radius 2 is 2.12 bits per heavy atom. The Kier molecular flexibility index (Phi) is 5.29. The quantitative estimate of drug-likeness (QED) is 0.841. The minimum absolute atomic E-state index is 0.00408. The Morgan fingerprint density at radius 3 is 2.92 bits per heavy atom. The van der Waals surface area contributed by atoms with Crippen LogP contribution in [0.2, 0.25) is 5.02 Å². The largest absolute Gasteiger partial charge is 0.482 e. The van der Waals surface area contributed by atoms with Gasteiger partial charge in [-0.15, -0.1) is 0 Å². The standard InChI is InChI=1S/C18H23ClN2O3/c1-20-15-9-10-21(11-13(15)5-4-8-17(20)22)18(23)12-24-16-7-3-2-6-14(16)19/h2-3,6-7,13,15H,4-5,8-12H2,1H3/t13-,15-/m1/s1. The number of para-hydroxylation sites is 1. The van der Waals surface area contributed by atoms with Gasteiger partial charge in [-0.05, 0) is 37.3 Å². The van der Waals surface area contributed by atoms with Crippen LogP contribution in [0.5, 0.6) is 5.75 Å². The van der Waals surface area contributed by atoms with Gasteiger partial charge in [0, 0.05) is 32.6 Å². The first-order chi connectivity index (χ1) is 11.6. The number of hydrogen-bond donors (Lipinski definition) is 0. The zero-order valence-electron chi connectivity index (χ0n) is 13.9. The van der Waals surface area contributed by atoms with Gasteiger partial charge in [0.1, 0.15) is 5.75 Å². The van der Waals surface area contributed by atoms with E-state index >= 15 is 0 Å². The van der Waals surface area contributed by atoms with Crippen LogP contribution in [0.25, 0.3) is 0 Å². The number of fused-ring (bicyclic) bond motifs is 1. The highest BCUT2D eigenvalue weighted by atomic mass is 35.5. The van der Waals surface area contributed by atoms with Gasteiger partial charge < -0.3 is 14.5 Å². The first kappa shape index (κ1) is 17.1. The first-order valence-corrected chi connectivity index (χ1v) is 8.85. The molecule has 2 fully saturated rings. The summed E-state index contributed by atoms with van der Waals surface area (Å²) in [5.74, 6) is 1.09. The highest BCUT2D eigenvalue weighted by molar-refractivity contribution is 6.32. The third-order valence-electron chi connectivity index (χ3n) is 5.09. The number of piperidine rings is 1. The van der Waals surface area contributed by atoms with Gasteiger partial charge in [0.25, 0.3) is 5.91 Å². The smallest absolute Gasteiger partial charge is 0.260 e. The van der Waals surface area contributed by atoms with E-state index in [4.69, 9.17) is 16.3 Å². The molecule has 0 aliphatic carbocycles. The Hall–Kier alpha value is -1.75. The van der Waals surface area contributed by atoms with E-state index in [0.717, 1.165) is 19.3 Å². The Morgan fingerprint density at radius 1 is 1.33 bits per heavy atom. The number of nitrogens with zero attached hydrogens (tertiary/aromatic N) is 2. The lowest BCUT2D eigenvalue weighted by atomic mass is 9.88. The monoisotopic (exact) mass is 350 g/mol. The van der Waals surface area contributed by atoms with Gasteiger partial charge in [0.05, 0.1) is 5.02 Å². The summed E-state index contributed by atoms with van der Waals surface area (Å²) >= 11 is 6.05. The molecule has 2 saturated heterocycles. The number of likely N-dealkylation sites (tertiary alicyclic amines) is 2. The molecule has 24 heavy (non-hydrogen) atoms. The van der Waals surface area contributed by atoms with Crippen molar-refractivity contribution >= 4 is 23.4 Å². The molecular formula is C18H23ClN2O3. The van der Waals surface area contributed by atoms with Crippen LogP contribution in [0.3, 0.4) is 0 Å². The Labute approximate surface area is 147 Å². The molecule has 2 aliphatic heterocycles. The molecule has 2 amide bonds. The predicted octanol–water partition coefficient (Wildman–Crippen LogP) is 2.58. The number of carbonyl (C=O) groups excluding carboxylic acids is 2. The van der Waals surface area contributed by atoms with E-state index in [1.165, 1.54) is 0 Å². The maximum atomic E-state index is 12.5. The van der Waals surface area contributed by atoms with E-state index < -0.39 is 0 Å².